The molecule has 0 aliphatic carbocycles. The van der Waals surface area contributed by atoms with E-state index in [-0.39, 0.29) is 0 Å². The molecule has 1 aromatic rings. The summed E-state index contributed by atoms with van der Waals surface area (Å²) in [6.07, 6.45) is 6.65. The molecule has 0 saturated carbocycles. The SMILES string of the molecule is COCCn1ccnc1CN1CCC(CC(C)C)C1. The molecule has 1 saturated heterocycles. The summed E-state index contributed by atoms with van der Waals surface area (Å²) >= 11 is 0. The maximum atomic E-state index is 5.14. The summed E-state index contributed by atoms with van der Waals surface area (Å²) in [6, 6.07) is 0. The first kappa shape index (κ1) is 14.5. The lowest BCUT2D eigenvalue weighted by molar-refractivity contribution is 0.184. The predicted molar refractivity (Wildman–Crippen MR) is 76.9 cm³/mol. The molecule has 108 valence electrons. The molecule has 1 aromatic heterocycles. The first-order valence-electron chi connectivity index (χ1n) is 7.40. The Bertz CT molecular complexity index is 375. The van der Waals surface area contributed by atoms with Crippen LogP contribution in [0.1, 0.15) is 32.5 Å². The largest absolute Gasteiger partial charge is 0.383 e. The topological polar surface area (TPSA) is 30.3 Å². The minimum atomic E-state index is 0.749. The van der Waals surface area contributed by atoms with Crippen molar-refractivity contribution < 1.29 is 4.74 Å². The van der Waals surface area contributed by atoms with Crippen molar-refractivity contribution in [2.75, 3.05) is 26.8 Å². The molecule has 0 radical (unpaired) electrons. The van der Waals surface area contributed by atoms with Gasteiger partial charge in [0.05, 0.1) is 13.2 Å². The Kier molecular flexibility index (Phi) is 5.40. The monoisotopic (exact) mass is 265 g/mol. The standard InChI is InChI=1S/C15H27N3O/c1-13(2)10-14-4-6-17(11-14)12-15-16-5-7-18(15)8-9-19-3/h5,7,13-14H,4,6,8-12H2,1-3H3. The average Bonchev–Trinajstić information content (AvgIpc) is 2.96. The lowest BCUT2D eigenvalue weighted by Crippen LogP contribution is -2.23. The van der Waals surface area contributed by atoms with Gasteiger partial charge >= 0.3 is 0 Å². The highest BCUT2D eigenvalue weighted by atomic mass is 16.5. The minimum absolute atomic E-state index is 0.749. The molecule has 0 bridgehead atoms. The van der Waals surface area contributed by atoms with Crippen LogP contribution >= 0.6 is 0 Å². The summed E-state index contributed by atoms with van der Waals surface area (Å²) in [5.74, 6) is 2.86. The van der Waals surface area contributed by atoms with E-state index in [0.717, 1.165) is 31.5 Å². The third kappa shape index (κ3) is 4.32. The molecule has 0 aromatic carbocycles. The number of hydrogen-bond donors (Lipinski definition) is 0. The Morgan fingerprint density at radius 3 is 3.05 bits per heavy atom. The second-order valence-corrected chi connectivity index (χ2v) is 6.05. The van der Waals surface area contributed by atoms with Crippen molar-refractivity contribution in [1.29, 1.82) is 0 Å². The molecule has 0 spiro atoms. The number of rotatable bonds is 7. The summed E-state index contributed by atoms with van der Waals surface area (Å²) in [5, 5.41) is 0. The van der Waals surface area contributed by atoms with Gasteiger partial charge in [0.1, 0.15) is 5.82 Å². The van der Waals surface area contributed by atoms with Gasteiger partial charge < -0.3 is 9.30 Å². The molecule has 1 unspecified atom stereocenters. The third-order valence-corrected chi connectivity index (χ3v) is 3.88. The fraction of sp³-hybridized carbons (Fsp3) is 0.800. The van der Waals surface area contributed by atoms with E-state index in [1.54, 1.807) is 7.11 Å². The lowest BCUT2D eigenvalue weighted by Gasteiger charge is -2.17. The number of nitrogens with zero attached hydrogens (tertiary/aromatic N) is 3. The Morgan fingerprint density at radius 2 is 2.32 bits per heavy atom. The zero-order chi connectivity index (χ0) is 13.7. The zero-order valence-corrected chi connectivity index (χ0v) is 12.5. The highest BCUT2D eigenvalue weighted by Gasteiger charge is 2.23. The van der Waals surface area contributed by atoms with Gasteiger partial charge in [-0.15, -0.1) is 0 Å². The molecule has 19 heavy (non-hydrogen) atoms. The van der Waals surface area contributed by atoms with Gasteiger partial charge in [-0.25, -0.2) is 4.98 Å². The first-order valence-corrected chi connectivity index (χ1v) is 7.40. The van der Waals surface area contributed by atoms with Crippen LogP contribution in [0.4, 0.5) is 0 Å². The highest BCUT2D eigenvalue weighted by molar-refractivity contribution is 4.93. The van der Waals surface area contributed by atoms with Crippen molar-refractivity contribution in [2.45, 2.75) is 39.8 Å². The molecule has 0 amide bonds. The number of aromatic nitrogens is 2. The van der Waals surface area contributed by atoms with Gasteiger partial charge in [-0.05, 0) is 31.2 Å². The van der Waals surface area contributed by atoms with Crippen LogP contribution in [-0.2, 0) is 17.8 Å². The molecule has 0 N–H and O–H groups in total. The predicted octanol–water partition coefficient (Wildman–Crippen LogP) is 2.40. The van der Waals surface area contributed by atoms with Crippen molar-refractivity contribution in [3.05, 3.63) is 18.2 Å². The van der Waals surface area contributed by atoms with Crippen LogP contribution < -0.4 is 0 Å². The minimum Gasteiger partial charge on any atom is -0.383 e. The molecular weight excluding hydrogens is 238 g/mol. The van der Waals surface area contributed by atoms with E-state index in [4.69, 9.17) is 4.74 Å². The van der Waals surface area contributed by atoms with Crippen molar-refractivity contribution in [3.63, 3.8) is 0 Å². The summed E-state index contributed by atoms with van der Waals surface area (Å²) < 4.78 is 7.35. The van der Waals surface area contributed by atoms with Gasteiger partial charge in [-0.3, -0.25) is 4.90 Å². The Morgan fingerprint density at radius 1 is 1.47 bits per heavy atom. The Balaban J connectivity index is 1.83. The van der Waals surface area contributed by atoms with Gasteiger partial charge in [0.2, 0.25) is 0 Å². The van der Waals surface area contributed by atoms with Crippen LogP contribution in [-0.4, -0.2) is 41.3 Å². The van der Waals surface area contributed by atoms with Crippen LogP contribution in [0, 0.1) is 11.8 Å². The van der Waals surface area contributed by atoms with Crippen LogP contribution in [0.5, 0.6) is 0 Å². The van der Waals surface area contributed by atoms with Gasteiger partial charge in [-0.1, -0.05) is 13.8 Å². The van der Waals surface area contributed by atoms with Gasteiger partial charge in [0, 0.05) is 32.6 Å². The molecule has 1 aliphatic heterocycles. The molecule has 4 heteroatoms. The van der Waals surface area contributed by atoms with E-state index in [1.807, 2.05) is 6.20 Å². The number of imidazole rings is 1. The number of methoxy groups -OCH3 is 1. The first-order chi connectivity index (χ1) is 9.19. The van der Waals surface area contributed by atoms with Crippen molar-refractivity contribution in [1.82, 2.24) is 14.5 Å². The number of likely N-dealkylation sites (tertiary alicyclic amines) is 1. The molecule has 2 heterocycles. The van der Waals surface area contributed by atoms with Crippen LogP contribution in [0.2, 0.25) is 0 Å². The van der Waals surface area contributed by atoms with Crippen molar-refractivity contribution in [3.8, 4) is 0 Å². The zero-order valence-electron chi connectivity index (χ0n) is 12.5. The fourth-order valence-corrected chi connectivity index (χ4v) is 3.00. The molecule has 2 rings (SSSR count). The van der Waals surface area contributed by atoms with Gasteiger partial charge in [-0.2, -0.15) is 0 Å². The van der Waals surface area contributed by atoms with E-state index in [2.05, 4.69) is 34.5 Å². The summed E-state index contributed by atoms with van der Waals surface area (Å²) in [5.41, 5.74) is 0. The van der Waals surface area contributed by atoms with Crippen LogP contribution in [0.3, 0.4) is 0 Å². The van der Waals surface area contributed by atoms with E-state index >= 15 is 0 Å². The van der Waals surface area contributed by atoms with E-state index in [1.165, 1.54) is 31.8 Å². The smallest absolute Gasteiger partial charge is 0.122 e. The molecule has 4 nitrogen and oxygen atoms in total. The second-order valence-electron chi connectivity index (χ2n) is 6.05. The summed E-state index contributed by atoms with van der Waals surface area (Å²) in [6.45, 7) is 9.71. The van der Waals surface area contributed by atoms with E-state index in [9.17, 15) is 0 Å². The number of ether oxygens (including phenoxy) is 1. The van der Waals surface area contributed by atoms with Gasteiger partial charge in [0.25, 0.3) is 0 Å². The Hall–Kier alpha value is -0.870. The molecule has 1 atom stereocenters. The molecule has 1 fully saturated rings. The second kappa shape index (κ2) is 7.06. The average molecular weight is 265 g/mol. The maximum absolute atomic E-state index is 5.14. The quantitative estimate of drug-likeness (QED) is 0.758. The van der Waals surface area contributed by atoms with Crippen molar-refractivity contribution >= 4 is 0 Å². The molecular formula is C15H27N3O. The lowest BCUT2D eigenvalue weighted by atomic mass is 9.97. The van der Waals surface area contributed by atoms with Crippen molar-refractivity contribution in [2.24, 2.45) is 11.8 Å². The number of hydrogen-bond acceptors (Lipinski definition) is 3. The normalized spacial score (nSPS) is 20.5. The van der Waals surface area contributed by atoms with E-state index < -0.39 is 0 Å². The molecule has 1 aliphatic rings. The third-order valence-electron chi connectivity index (χ3n) is 3.88. The maximum Gasteiger partial charge on any atom is 0.122 e. The highest BCUT2D eigenvalue weighted by Crippen LogP contribution is 2.24. The summed E-state index contributed by atoms with van der Waals surface area (Å²) in [4.78, 5) is 7.02. The summed E-state index contributed by atoms with van der Waals surface area (Å²) in [7, 11) is 1.74. The fourth-order valence-electron chi connectivity index (χ4n) is 3.00. The van der Waals surface area contributed by atoms with Crippen LogP contribution in [0.15, 0.2) is 12.4 Å². The Labute approximate surface area is 116 Å². The van der Waals surface area contributed by atoms with E-state index in [0.29, 0.717) is 0 Å². The van der Waals surface area contributed by atoms with Crippen LogP contribution in [0.25, 0.3) is 0 Å². The van der Waals surface area contributed by atoms with Gasteiger partial charge in [0.15, 0.2) is 0 Å².